The third kappa shape index (κ3) is 4.49. The van der Waals surface area contributed by atoms with Crippen molar-refractivity contribution in [1.29, 1.82) is 0 Å². The van der Waals surface area contributed by atoms with Gasteiger partial charge in [-0.25, -0.2) is 4.39 Å². The second-order valence-electron chi connectivity index (χ2n) is 5.49. The summed E-state index contributed by atoms with van der Waals surface area (Å²) in [5, 5.41) is 12.2. The van der Waals surface area contributed by atoms with E-state index in [1.807, 2.05) is 6.92 Å². The van der Waals surface area contributed by atoms with E-state index < -0.39 is 11.9 Å². The molecule has 2 aromatic rings. The molecule has 0 radical (unpaired) electrons. The summed E-state index contributed by atoms with van der Waals surface area (Å²) in [5.41, 5.74) is 0.841. The summed E-state index contributed by atoms with van der Waals surface area (Å²) in [6.07, 6.45) is 0.618. The van der Waals surface area contributed by atoms with Crippen LogP contribution in [0.1, 0.15) is 46.0 Å². The molecular formula is C19H20FNO3. The van der Waals surface area contributed by atoms with Crippen LogP contribution in [0, 0.1) is 5.82 Å². The van der Waals surface area contributed by atoms with Crippen LogP contribution in [0.4, 0.5) is 4.39 Å². The predicted molar refractivity (Wildman–Crippen MR) is 89.5 cm³/mol. The molecule has 0 aliphatic carbocycles. The highest BCUT2D eigenvalue weighted by Crippen LogP contribution is 2.15. The molecule has 2 rings (SSSR count). The molecular weight excluding hydrogens is 309 g/mol. The van der Waals surface area contributed by atoms with Gasteiger partial charge in [0.05, 0.1) is 11.7 Å². The van der Waals surface area contributed by atoms with Gasteiger partial charge in [-0.3, -0.25) is 9.59 Å². The van der Waals surface area contributed by atoms with Crippen molar-refractivity contribution < 1.29 is 19.1 Å². The van der Waals surface area contributed by atoms with Crippen LogP contribution in [-0.4, -0.2) is 29.4 Å². The Labute approximate surface area is 140 Å². The lowest BCUT2D eigenvalue weighted by atomic mass is 9.98. The van der Waals surface area contributed by atoms with Gasteiger partial charge in [-0.15, -0.1) is 0 Å². The number of aliphatic hydroxyl groups excluding tert-OH is 1. The zero-order chi connectivity index (χ0) is 17.5. The van der Waals surface area contributed by atoms with Gasteiger partial charge in [0.15, 0.2) is 5.78 Å². The Morgan fingerprint density at radius 2 is 1.71 bits per heavy atom. The van der Waals surface area contributed by atoms with Gasteiger partial charge in [0, 0.05) is 17.7 Å². The molecule has 0 saturated heterocycles. The molecule has 0 heterocycles. The van der Waals surface area contributed by atoms with E-state index in [4.69, 9.17) is 0 Å². The van der Waals surface area contributed by atoms with Crippen molar-refractivity contribution in [2.45, 2.75) is 25.9 Å². The lowest BCUT2D eigenvalue weighted by molar-refractivity contribution is 0.0931. The quantitative estimate of drug-likeness (QED) is 0.768. The van der Waals surface area contributed by atoms with E-state index in [0.717, 1.165) is 0 Å². The third-order valence-corrected chi connectivity index (χ3v) is 3.76. The molecule has 2 aromatic carbocycles. The van der Waals surface area contributed by atoms with E-state index in [1.54, 1.807) is 24.3 Å². The predicted octanol–water partition coefficient (Wildman–Crippen LogP) is 2.95. The Hall–Kier alpha value is -2.53. The Kier molecular flexibility index (Phi) is 6.21. The van der Waals surface area contributed by atoms with Crippen molar-refractivity contribution in [3.05, 3.63) is 71.0 Å². The molecule has 0 fully saturated rings. The van der Waals surface area contributed by atoms with Gasteiger partial charge < -0.3 is 10.4 Å². The summed E-state index contributed by atoms with van der Waals surface area (Å²) in [6.45, 7) is 2.19. The maximum Gasteiger partial charge on any atom is 0.252 e. The number of rotatable bonds is 7. The highest BCUT2D eigenvalue weighted by atomic mass is 19.1. The van der Waals surface area contributed by atoms with Crippen molar-refractivity contribution in [3.8, 4) is 0 Å². The number of hydrogen-bond donors (Lipinski definition) is 2. The Bertz CT molecular complexity index is 713. The van der Waals surface area contributed by atoms with Crippen LogP contribution < -0.4 is 5.32 Å². The fourth-order valence-corrected chi connectivity index (χ4v) is 2.29. The molecule has 5 heteroatoms. The number of carbonyl (C=O) groups excluding carboxylic acids is 2. The first-order valence-corrected chi connectivity index (χ1v) is 7.88. The largest absolute Gasteiger partial charge is 0.393 e. The average Bonchev–Trinajstić information content (AvgIpc) is 2.61. The monoisotopic (exact) mass is 329 g/mol. The van der Waals surface area contributed by atoms with Crippen LogP contribution >= 0.6 is 0 Å². The smallest absolute Gasteiger partial charge is 0.252 e. The number of aliphatic hydroxyl groups is 1. The van der Waals surface area contributed by atoms with Crippen LogP contribution in [0.25, 0.3) is 0 Å². The van der Waals surface area contributed by atoms with Gasteiger partial charge in [0.25, 0.3) is 5.91 Å². The number of nitrogens with one attached hydrogen (secondary N) is 1. The molecule has 0 spiro atoms. The van der Waals surface area contributed by atoms with Crippen molar-refractivity contribution in [2.24, 2.45) is 0 Å². The first-order chi connectivity index (χ1) is 11.5. The second-order valence-corrected chi connectivity index (χ2v) is 5.49. The van der Waals surface area contributed by atoms with Gasteiger partial charge >= 0.3 is 0 Å². The molecule has 4 nitrogen and oxygen atoms in total. The molecule has 0 aromatic heterocycles. The highest BCUT2D eigenvalue weighted by Gasteiger charge is 2.18. The maximum absolute atomic E-state index is 13.0. The summed E-state index contributed by atoms with van der Waals surface area (Å²) in [7, 11) is 0. The average molecular weight is 329 g/mol. The van der Waals surface area contributed by atoms with E-state index in [2.05, 4.69) is 5.32 Å². The highest BCUT2D eigenvalue weighted by molar-refractivity contribution is 6.15. The minimum Gasteiger partial charge on any atom is -0.393 e. The van der Waals surface area contributed by atoms with Gasteiger partial charge in [-0.1, -0.05) is 25.1 Å². The molecule has 1 unspecified atom stereocenters. The summed E-state index contributed by atoms with van der Waals surface area (Å²) in [4.78, 5) is 24.9. The molecule has 0 aliphatic heterocycles. The van der Waals surface area contributed by atoms with Gasteiger partial charge in [-0.05, 0) is 43.2 Å². The van der Waals surface area contributed by atoms with Gasteiger partial charge in [0.1, 0.15) is 5.82 Å². The van der Waals surface area contributed by atoms with Gasteiger partial charge in [0.2, 0.25) is 0 Å². The minimum atomic E-state index is -0.457. The molecule has 126 valence electrons. The fourth-order valence-electron chi connectivity index (χ4n) is 2.29. The van der Waals surface area contributed by atoms with Crippen LogP contribution in [0.3, 0.4) is 0 Å². The standard InChI is InChI=1S/C19H20FNO3/c1-2-15(22)11-12-21-19(24)17-6-4-3-5-16(17)18(23)13-7-9-14(20)10-8-13/h3-10,15,22H,2,11-12H2,1H3,(H,21,24). The number of ketones is 1. The molecule has 1 atom stereocenters. The van der Waals surface area contributed by atoms with E-state index in [9.17, 15) is 19.1 Å². The van der Waals surface area contributed by atoms with Crippen molar-refractivity contribution in [1.82, 2.24) is 5.32 Å². The van der Waals surface area contributed by atoms with Gasteiger partial charge in [-0.2, -0.15) is 0 Å². The normalized spacial score (nSPS) is 11.8. The molecule has 0 aliphatic rings. The van der Waals surface area contributed by atoms with E-state index >= 15 is 0 Å². The van der Waals surface area contributed by atoms with Crippen molar-refractivity contribution in [2.75, 3.05) is 6.54 Å². The molecule has 0 saturated carbocycles. The first kappa shape index (κ1) is 17.8. The fraction of sp³-hybridized carbons (Fsp3) is 0.263. The Balaban J connectivity index is 2.16. The van der Waals surface area contributed by atoms with E-state index in [1.165, 1.54) is 24.3 Å². The molecule has 2 N–H and O–H groups in total. The zero-order valence-electron chi connectivity index (χ0n) is 13.5. The zero-order valence-corrected chi connectivity index (χ0v) is 13.5. The van der Waals surface area contributed by atoms with Crippen LogP contribution in [-0.2, 0) is 0 Å². The lowest BCUT2D eigenvalue weighted by Gasteiger charge is -2.11. The molecule has 24 heavy (non-hydrogen) atoms. The summed E-state index contributed by atoms with van der Waals surface area (Å²) < 4.78 is 13.0. The molecule has 0 bridgehead atoms. The number of benzene rings is 2. The van der Waals surface area contributed by atoms with E-state index in [0.29, 0.717) is 24.9 Å². The number of hydrogen-bond acceptors (Lipinski definition) is 3. The Morgan fingerprint density at radius 1 is 1.08 bits per heavy atom. The maximum atomic E-state index is 13.0. The second kappa shape index (κ2) is 8.36. The summed E-state index contributed by atoms with van der Waals surface area (Å²) in [5.74, 6) is -1.13. The SMILES string of the molecule is CCC(O)CCNC(=O)c1ccccc1C(=O)c1ccc(F)cc1. The summed E-state index contributed by atoms with van der Waals surface area (Å²) in [6, 6.07) is 11.7. The Morgan fingerprint density at radius 3 is 2.33 bits per heavy atom. The topological polar surface area (TPSA) is 66.4 Å². The van der Waals surface area contributed by atoms with Crippen molar-refractivity contribution >= 4 is 11.7 Å². The lowest BCUT2D eigenvalue weighted by Crippen LogP contribution is -2.28. The van der Waals surface area contributed by atoms with Crippen LogP contribution in [0.15, 0.2) is 48.5 Å². The summed E-state index contributed by atoms with van der Waals surface area (Å²) >= 11 is 0. The van der Waals surface area contributed by atoms with Crippen LogP contribution in [0.2, 0.25) is 0 Å². The number of carbonyl (C=O) groups is 2. The number of amides is 1. The van der Waals surface area contributed by atoms with E-state index in [-0.39, 0.29) is 22.8 Å². The third-order valence-electron chi connectivity index (χ3n) is 3.76. The minimum absolute atomic E-state index is 0.262. The van der Waals surface area contributed by atoms with Crippen molar-refractivity contribution in [3.63, 3.8) is 0 Å². The first-order valence-electron chi connectivity index (χ1n) is 7.88. The number of halogens is 1. The van der Waals surface area contributed by atoms with Crippen LogP contribution in [0.5, 0.6) is 0 Å². The molecule has 1 amide bonds.